The predicted molar refractivity (Wildman–Crippen MR) is 225 cm³/mol. The number of nitrogens with zero attached hydrogens (tertiary/aromatic N) is 1. The highest BCUT2D eigenvalue weighted by Crippen LogP contribution is 2.36. The van der Waals surface area contributed by atoms with E-state index < -0.39 is 36.4 Å². The summed E-state index contributed by atoms with van der Waals surface area (Å²) in [6.07, 6.45) is 9.34. The maximum Gasteiger partial charge on any atom is 0.329 e. The van der Waals surface area contributed by atoms with Crippen LogP contribution >= 0.6 is 0 Å². The quantitative estimate of drug-likeness (QED) is 0.0859. The number of benzene rings is 3. The Morgan fingerprint density at radius 2 is 1.43 bits per heavy atom. The van der Waals surface area contributed by atoms with Crippen molar-refractivity contribution >= 4 is 29.7 Å². The molecule has 3 aromatic rings. The molecule has 2 saturated carbocycles. The smallest absolute Gasteiger partial charge is 0.329 e. The number of esters is 1. The van der Waals surface area contributed by atoms with E-state index in [1.54, 1.807) is 36.2 Å². The van der Waals surface area contributed by atoms with Crippen LogP contribution in [-0.4, -0.2) is 98.8 Å². The van der Waals surface area contributed by atoms with Crippen molar-refractivity contribution in [2.45, 2.75) is 95.4 Å². The highest BCUT2D eigenvalue weighted by Gasteiger charge is 2.33. The molecule has 60 heavy (non-hydrogen) atoms. The van der Waals surface area contributed by atoms with Crippen LogP contribution in [0, 0.1) is 11.8 Å². The van der Waals surface area contributed by atoms with Gasteiger partial charge < -0.3 is 44.9 Å². The number of amides is 3. The van der Waals surface area contributed by atoms with E-state index in [1.807, 2.05) is 36.4 Å². The van der Waals surface area contributed by atoms with Crippen LogP contribution in [0.25, 0.3) is 0 Å². The van der Waals surface area contributed by atoms with Gasteiger partial charge in [0.25, 0.3) is 5.91 Å². The number of methoxy groups -OCH3 is 2. The first kappa shape index (κ1) is 45.5. The van der Waals surface area contributed by atoms with E-state index in [-0.39, 0.29) is 60.4 Å². The number of hydrogen-bond donors (Lipinski definition) is 4. The van der Waals surface area contributed by atoms with Gasteiger partial charge in [-0.25, -0.2) is 4.79 Å². The standard InChI is InChI=1S/C46H60N4O10/c1-47-37(24-33-19-20-33)45(55)50(22-21-31-13-7-4-8-14-31)28-42(51)48-35(23-32-15-9-5-10-16-32)30-59-39-27-41(58-3)40(57-2)25-36(39)44(54)49-38(26-43(52)53)46(56)60-29-34-17-11-6-12-18-34/h5-6,9-12,15-18,25,27,31,33,35,37-38,47H,4,7-8,13-14,19-24,26,28-30H2,1-3H3,(H,48,51)(H,49,54)(H,52,53)/t35-,37+,38+/m1/s1. The number of ether oxygens (including phenoxy) is 4. The van der Waals surface area contributed by atoms with Crippen molar-refractivity contribution in [3.05, 3.63) is 89.5 Å². The normalized spacial score (nSPS) is 15.4. The zero-order chi connectivity index (χ0) is 42.9. The molecule has 0 heterocycles. The van der Waals surface area contributed by atoms with E-state index in [2.05, 4.69) is 16.0 Å². The van der Waals surface area contributed by atoms with Gasteiger partial charge in [-0.1, -0.05) is 106 Å². The summed E-state index contributed by atoms with van der Waals surface area (Å²) < 4.78 is 22.7. The topological polar surface area (TPSA) is 182 Å². The minimum Gasteiger partial charge on any atom is -0.493 e. The van der Waals surface area contributed by atoms with Gasteiger partial charge in [0.15, 0.2) is 11.5 Å². The third-order valence-corrected chi connectivity index (χ3v) is 11.1. The Labute approximate surface area is 352 Å². The highest BCUT2D eigenvalue weighted by molar-refractivity contribution is 6.00. The average molecular weight is 829 g/mol. The van der Waals surface area contributed by atoms with Gasteiger partial charge in [0, 0.05) is 18.7 Å². The lowest BCUT2D eigenvalue weighted by Gasteiger charge is -2.30. The molecule has 2 aliphatic carbocycles. The molecule has 5 rings (SSSR count). The number of carboxylic acid groups (broad SMARTS) is 1. The van der Waals surface area contributed by atoms with E-state index in [4.69, 9.17) is 18.9 Å². The summed E-state index contributed by atoms with van der Waals surface area (Å²) >= 11 is 0. The lowest BCUT2D eigenvalue weighted by molar-refractivity contribution is -0.151. The first-order chi connectivity index (χ1) is 29.1. The van der Waals surface area contributed by atoms with Crippen molar-refractivity contribution in [1.82, 2.24) is 20.9 Å². The van der Waals surface area contributed by atoms with Crippen LogP contribution in [0.2, 0.25) is 0 Å². The van der Waals surface area contributed by atoms with Crippen LogP contribution in [0.15, 0.2) is 72.8 Å². The zero-order valence-electron chi connectivity index (χ0n) is 35.0. The summed E-state index contributed by atoms with van der Waals surface area (Å²) in [4.78, 5) is 68.5. The maximum atomic E-state index is 14.0. The molecule has 0 saturated heterocycles. The lowest BCUT2D eigenvalue weighted by Crippen LogP contribution is -2.51. The van der Waals surface area contributed by atoms with Gasteiger partial charge in [-0.2, -0.15) is 0 Å². The van der Waals surface area contributed by atoms with Crippen molar-refractivity contribution in [2.24, 2.45) is 11.8 Å². The number of rotatable bonds is 24. The summed E-state index contributed by atoms with van der Waals surface area (Å²) in [5.41, 5.74) is 1.54. The van der Waals surface area contributed by atoms with Crippen LogP contribution in [0.1, 0.15) is 85.7 Å². The van der Waals surface area contributed by atoms with Crippen LogP contribution in [0.4, 0.5) is 0 Å². The molecule has 3 atom stereocenters. The minimum atomic E-state index is -1.53. The Morgan fingerprint density at radius 1 is 0.783 bits per heavy atom. The summed E-state index contributed by atoms with van der Waals surface area (Å²) in [5.74, 6) is -1.97. The second kappa shape index (κ2) is 23.2. The van der Waals surface area contributed by atoms with E-state index >= 15 is 0 Å². The van der Waals surface area contributed by atoms with Gasteiger partial charge in [-0.05, 0) is 49.3 Å². The van der Waals surface area contributed by atoms with Gasteiger partial charge in [0.05, 0.1) is 44.8 Å². The molecule has 14 nitrogen and oxygen atoms in total. The van der Waals surface area contributed by atoms with Crippen molar-refractivity contribution in [1.29, 1.82) is 0 Å². The summed E-state index contributed by atoms with van der Waals surface area (Å²) in [6, 6.07) is 18.7. The molecule has 0 aromatic heterocycles. The minimum absolute atomic E-state index is 0.0328. The van der Waals surface area contributed by atoms with E-state index in [0.29, 0.717) is 30.4 Å². The third-order valence-electron chi connectivity index (χ3n) is 11.1. The highest BCUT2D eigenvalue weighted by atomic mass is 16.5. The molecule has 0 radical (unpaired) electrons. The summed E-state index contributed by atoms with van der Waals surface area (Å²) in [7, 11) is 4.62. The molecule has 3 amide bonds. The first-order valence-corrected chi connectivity index (χ1v) is 21.0. The SMILES string of the molecule is CN[C@@H](CC1CC1)C(=O)N(CCC1CCCCC1)CC(=O)N[C@@H](COc1cc(OC)c(OC)cc1C(=O)N[C@@H](CC(=O)O)C(=O)OCc1ccccc1)Cc1ccccc1. The van der Waals surface area contributed by atoms with Gasteiger partial charge in [0.2, 0.25) is 11.8 Å². The molecule has 14 heteroatoms. The number of nitrogens with one attached hydrogen (secondary N) is 3. The number of likely N-dealkylation sites (N-methyl/N-ethyl adjacent to an activating group) is 1. The number of carbonyl (C=O) groups is 5. The molecule has 0 unspecified atom stereocenters. The van der Waals surface area contributed by atoms with Gasteiger partial charge in [0.1, 0.15) is 25.0 Å². The van der Waals surface area contributed by atoms with Gasteiger partial charge >= 0.3 is 11.9 Å². The predicted octanol–water partition coefficient (Wildman–Crippen LogP) is 5.31. The maximum absolute atomic E-state index is 14.0. The van der Waals surface area contributed by atoms with E-state index in [9.17, 15) is 29.1 Å². The number of carbonyl (C=O) groups excluding carboxylic acids is 4. The van der Waals surface area contributed by atoms with Crippen LogP contribution in [0.3, 0.4) is 0 Å². The Bertz CT molecular complexity index is 1870. The van der Waals surface area contributed by atoms with E-state index in [0.717, 1.165) is 44.1 Å². The molecule has 2 fully saturated rings. The molecular formula is C46H60N4O10. The fourth-order valence-corrected chi connectivity index (χ4v) is 7.61. The molecule has 3 aromatic carbocycles. The number of carboxylic acids is 1. The second-order valence-electron chi connectivity index (χ2n) is 15.8. The largest absolute Gasteiger partial charge is 0.493 e. The van der Waals surface area contributed by atoms with Crippen LogP contribution < -0.4 is 30.2 Å². The van der Waals surface area contributed by atoms with Crippen molar-refractivity contribution in [3.63, 3.8) is 0 Å². The van der Waals surface area contributed by atoms with Gasteiger partial charge in [-0.15, -0.1) is 0 Å². The molecule has 0 spiro atoms. The average Bonchev–Trinajstić information content (AvgIpc) is 4.09. The Kier molecular flexibility index (Phi) is 17.6. The fourth-order valence-electron chi connectivity index (χ4n) is 7.61. The van der Waals surface area contributed by atoms with Crippen molar-refractivity contribution in [3.8, 4) is 17.2 Å². The summed E-state index contributed by atoms with van der Waals surface area (Å²) in [6.45, 7) is 0.153. The third kappa shape index (κ3) is 14.3. The molecule has 0 bridgehead atoms. The van der Waals surface area contributed by atoms with Crippen molar-refractivity contribution in [2.75, 3.05) is 41.0 Å². The Hall–Kier alpha value is -5.63. The monoisotopic (exact) mass is 828 g/mol. The second-order valence-corrected chi connectivity index (χ2v) is 15.8. The van der Waals surface area contributed by atoms with E-state index in [1.165, 1.54) is 45.6 Å². The summed E-state index contributed by atoms with van der Waals surface area (Å²) in [5, 5.41) is 18.4. The molecular weight excluding hydrogens is 769 g/mol. The van der Waals surface area contributed by atoms with Gasteiger partial charge in [-0.3, -0.25) is 19.2 Å². The van der Waals surface area contributed by atoms with Crippen LogP contribution in [-0.2, 0) is 36.9 Å². The van der Waals surface area contributed by atoms with Crippen LogP contribution in [0.5, 0.6) is 17.2 Å². The Morgan fingerprint density at radius 3 is 2.05 bits per heavy atom. The lowest BCUT2D eigenvalue weighted by atomic mass is 9.87. The molecule has 324 valence electrons. The molecule has 4 N–H and O–H groups in total. The first-order valence-electron chi connectivity index (χ1n) is 21.0. The zero-order valence-corrected chi connectivity index (χ0v) is 35.0. The fraction of sp³-hybridized carbons (Fsp3) is 0.500. The number of aliphatic carboxylic acids is 1. The number of hydrogen-bond acceptors (Lipinski definition) is 10. The Balaban J connectivity index is 1.34. The molecule has 0 aliphatic heterocycles. The molecule has 2 aliphatic rings. The van der Waals surface area contributed by atoms with Crippen molar-refractivity contribution < 1.29 is 48.0 Å².